The third kappa shape index (κ3) is 4.71. The average molecular weight is 417 g/mol. The number of anilines is 1. The van der Waals surface area contributed by atoms with Crippen molar-refractivity contribution in [2.45, 2.75) is 38.9 Å². The van der Waals surface area contributed by atoms with Crippen LogP contribution in [0.1, 0.15) is 32.8 Å². The van der Waals surface area contributed by atoms with Gasteiger partial charge in [0.05, 0.1) is 29.6 Å². The van der Waals surface area contributed by atoms with Crippen molar-refractivity contribution in [2.75, 3.05) is 25.6 Å². The first kappa shape index (κ1) is 21.9. The molecule has 0 aliphatic carbocycles. The molecule has 1 heterocycles. The van der Waals surface area contributed by atoms with E-state index in [-0.39, 0.29) is 42.7 Å². The van der Waals surface area contributed by atoms with Gasteiger partial charge in [0.25, 0.3) is 5.60 Å². The Labute approximate surface area is 166 Å². The molecule has 0 saturated heterocycles. The van der Waals surface area contributed by atoms with Gasteiger partial charge in [-0.05, 0) is 32.9 Å². The quantitative estimate of drug-likeness (QED) is 0.512. The zero-order valence-corrected chi connectivity index (χ0v) is 16.5. The van der Waals surface area contributed by atoms with Gasteiger partial charge in [-0.15, -0.1) is 0 Å². The molecule has 2 rings (SSSR count). The lowest BCUT2D eigenvalue weighted by Gasteiger charge is -2.25. The number of benzene rings is 1. The molecular formula is C18H22ClFN2O6. The molecule has 1 aromatic carbocycles. The van der Waals surface area contributed by atoms with E-state index in [1.54, 1.807) is 13.8 Å². The Kier molecular flexibility index (Phi) is 7.20. The molecule has 2 N–H and O–H groups in total. The maximum Gasteiger partial charge on any atom is 0.356 e. The number of rotatable bonds is 8. The van der Waals surface area contributed by atoms with Gasteiger partial charge >= 0.3 is 11.9 Å². The number of oxime groups is 1. The van der Waals surface area contributed by atoms with Crippen LogP contribution in [0.2, 0.25) is 5.02 Å². The van der Waals surface area contributed by atoms with Gasteiger partial charge in [0.15, 0.2) is 6.10 Å². The van der Waals surface area contributed by atoms with Crippen molar-refractivity contribution in [3.8, 4) is 0 Å². The molecule has 2 unspecified atom stereocenters. The maximum atomic E-state index is 13.6. The minimum atomic E-state index is -1.61. The largest absolute Gasteiger partial charge is 0.464 e. The summed E-state index contributed by atoms with van der Waals surface area (Å²) in [5, 5.41) is 3.98. The molecule has 154 valence electrons. The Bertz CT molecular complexity index is 788. The van der Waals surface area contributed by atoms with E-state index in [0.717, 1.165) is 6.07 Å². The molecule has 0 fully saturated rings. The summed E-state index contributed by atoms with van der Waals surface area (Å²) in [4.78, 5) is 29.7. The molecule has 0 amide bonds. The van der Waals surface area contributed by atoms with Crippen molar-refractivity contribution < 1.29 is 33.0 Å². The molecule has 1 aliphatic heterocycles. The lowest BCUT2D eigenvalue weighted by Crippen LogP contribution is -2.46. The maximum absolute atomic E-state index is 13.6. The van der Waals surface area contributed by atoms with Crippen LogP contribution < -0.4 is 5.73 Å². The van der Waals surface area contributed by atoms with Crippen molar-refractivity contribution >= 4 is 34.9 Å². The Morgan fingerprint density at radius 1 is 1.36 bits per heavy atom. The zero-order chi connectivity index (χ0) is 20.9. The van der Waals surface area contributed by atoms with Crippen molar-refractivity contribution in [1.29, 1.82) is 0 Å². The molecule has 1 aromatic rings. The van der Waals surface area contributed by atoms with Crippen LogP contribution in [0.5, 0.6) is 0 Å². The highest BCUT2D eigenvalue weighted by atomic mass is 35.5. The molecule has 10 heteroatoms. The smallest absolute Gasteiger partial charge is 0.356 e. The normalized spacial score (nSPS) is 19.5. The monoisotopic (exact) mass is 416 g/mol. The molecule has 0 radical (unpaired) electrons. The topological polar surface area (TPSA) is 109 Å². The van der Waals surface area contributed by atoms with E-state index >= 15 is 0 Å². The number of nitrogens with zero attached hydrogens (tertiary/aromatic N) is 1. The number of nitrogens with two attached hydrogens (primary N) is 1. The molecule has 1 aliphatic rings. The van der Waals surface area contributed by atoms with E-state index < -0.39 is 29.5 Å². The van der Waals surface area contributed by atoms with E-state index in [0.29, 0.717) is 5.56 Å². The van der Waals surface area contributed by atoms with Gasteiger partial charge in [0.2, 0.25) is 0 Å². The van der Waals surface area contributed by atoms with E-state index in [9.17, 15) is 14.0 Å². The standard InChI is InChI=1S/C18H22ClFN2O6/c1-4-25-16(23)10(3)27-9-18(17(24)26-5-2)8-15(22-28-18)11-6-14(21)13(20)7-12(11)19/h6-7,10H,4-5,8-9,21H2,1-3H3. The number of halogens is 2. The third-order valence-corrected chi connectivity index (χ3v) is 4.33. The number of nitrogen functional groups attached to an aromatic ring is 1. The highest BCUT2D eigenvalue weighted by molar-refractivity contribution is 6.34. The predicted octanol–water partition coefficient (Wildman–Crippen LogP) is 2.46. The van der Waals surface area contributed by atoms with Gasteiger partial charge in [-0.1, -0.05) is 16.8 Å². The number of esters is 2. The number of carbonyl (C=O) groups is 2. The first-order valence-electron chi connectivity index (χ1n) is 8.69. The van der Waals surface area contributed by atoms with Gasteiger partial charge in [0, 0.05) is 12.0 Å². The highest BCUT2D eigenvalue weighted by Crippen LogP contribution is 2.33. The van der Waals surface area contributed by atoms with Gasteiger partial charge in [-0.3, -0.25) is 0 Å². The summed E-state index contributed by atoms with van der Waals surface area (Å²) < 4.78 is 29.0. The summed E-state index contributed by atoms with van der Waals surface area (Å²) in [5.74, 6) is -1.96. The molecule has 0 spiro atoms. The fourth-order valence-corrected chi connectivity index (χ4v) is 2.76. The first-order valence-corrected chi connectivity index (χ1v) is 9.07. The van der Waals surface area contributed by atoms with Crippen LogP contribution in [0.15, 0.2) is 17.3 Å². The van der Waals surface area contributed by atoms with Crippen LogP contribution in [-0.2, 0) is 28.6 Å². The Balaban J connectivity index is 2.21. The van der Waals surface area contributed by atoms with Crippen LogP contribution in [0.25, 0.3) is 0 Å². The number of carbonyl (C=O) groups excluding carboxylic acids is 2. The number of hydrogen-bond acceptors (Lipinski definition) is 8. The minimum absolute atomic E-state index is 0.0633. The summed E-state index contributed by atoms with van der Waals surface area (Å²) >= 11 is 6.08. The van der Waals surface area contributed by atoms with Crippen molar-refractivity contribution in [1.82, 2.24) is 0 Å². The van der Waals surface area contributed by atoms with Crippen LogP contribution >= 0.6 is 11.6 Å². The predicted molar refractivity (Wildman–Crippen MR) is 99.5 cm³/mol. The second kappa shape index (κ2) is 9.20. The van der Waals surface area contributed by atoms with E-state index in [1.807, 2.05) is 0 Å². The van der Waals surface area contributed by atoms with Crippen LogP contribution in [0, 0.1) is 5.82 Å². The molecule has 28 heavy (non-hydrogen) atoms. The van der Waals surface area contributed by atoms with Gasteiger partial charge in [-0.25, -0.2) is 14.0 Å². The average Bonchev–Trinajstić information content (AvgIpc) is 3.08. The van der Waals surface area contributed by atoms with E-state index in [1.165, 1.54) is 13.0 Å². The van der Waals surface area contributed by atoms with Gasteiger partial charge in [-0.2, -0.15) is 0 Å². The van der Waals surface area contributed by atoms with Gasteiger partial charge < -0.3 is 24.8 Å². The van der Waals surface area contributed by atoms with Crippen molar-refractivity contribution in [2.24, 2.45) is 5.16 Å². The van der Waals surface area contributed by atoms with E-state index in [2.05, 4.69) is 5.16 Å². The number of ether oxygens (including phenoxy) is 3. The molecule has 0 saturated carbocycles. The van der Waals surface area contributed by atoms with Crippen LogP contribution in [0.4, 0.5) is 10.1 Å². The summed E-state index contributed by atoms with van der Waals surface area (Å²) in [5.41, 5.74) is 4.46. The molecule has 0 bridgehead atoms. The Morgan fingerprint density at radius 2 is 2.04 bits per heavy atom. The Hall–Kier alpha value is -2.39. The molecular weight excluding hydrogens is 395 g/mol. The lowest BCUT2D eigenvalue weighted by molar-refractivity contribution is -0.183. The van der Waals surface area contributed by atoms with E-state index in [4.69, 9.17) is 36.4 Å². The molecule has 8 nitrogen and oxygen atoms in total. The minimum Gasteiger partial charge on any atom is -0.464 e. The fraction of sp³-hybridized carbons (Fsp3) is 0.500. The lowest BCUT2D eigenvalue weighted by atomic mass is 9.94. The highest BCUT2D eigenvalue weighted by Gasteiger charge is 2.49. The zero-order valence-electron chi connectivity index (χ0n) is 15.8. The molecule has 0 aromatic heterocycles. The van der Waals surface area contributed by atoms with Crippen LogP contribution in [-0.4, -0.2) is 49.2 Å². The second-order valence-electron chi connectivity index (χ2n) is 6.08. The van der Waals surface area contributed by atoms with Gasteiger partial charge in [0.1, 0.15) is 12.4 Å². The van der Waals surface area contributed by atoms with Crippen LogP contribution in [0.3, 0.4) is 0 Å². The second-order valence-corrected chi connectivity index (χ2v) is 6.49. The van der Waals surface area contributed by atoms with Crippen molar-refractivity contribution in [3.63, 3.8) is 0 Å². The number of hydrogen-bond donors (Lipinski definition) is 1. The first-order chi connectivity index (χ1) is 13.2. The summed E-state index contributed by atoms with van der Waals surface area (Å²) in [6, 6.07) is 2.36. The summed E-state index contributed by atoms with van der Waals surface area (Å²) in [7, 11) is 0. The Morgan fingerprint density at radius 3 is 2.68 bits per heavy atom. The summed E-state index contributed by atoms with van der Waals surface area (Å²) in [6.07, 6.45) is -0.990. The fourth-order valence-electron chi connectivity index (χ4n) is 2.50. The SMILES string of the molecule is CCOC(=O)C(C)OCC1(C(=O)OCC)CC(c2cc(N)c(F)cc2Cl)=NO1. The molecule has 2 atom stereocenters. The van der Waals surface area contributed by atoms with Crippen molar-refractivity contribution in [3.05, 3.63) is 28.5 Å². The summed E-state index contributed by atoms with van der Waals surface area (Å²) in [6.45, 7) is 4.80. The third-order valence-electron chi connectivity index (χ3n) is 4.01.